The van der Waals surface area contributed by atoms with Crippen LogP contribution < -0.4 is 10.6 Å². The van der Waals surface area contributed by atoms with Crippen molar-refractivity contribution in [2.24, 2.45) is 11.7 Å². The molecule has 2 rings (SSSR count). The Kier molecular flexibility index (Phi) is 3.39. The topological polar surface area (TPSA) is 101 Å². The summed E-state index contributed by atoms with van der Waals surface area (Å²) >= 11 is 0. The molecule has 2 amide bonds. The Hall–Kier alpha value is -2.51. The lowest BCUT2D eigenvalue weighted by Gasteiger charge is -2.19. The van der Waals surface area contributed by atoms with Gasteiger partial charge in [0.15, 0.2) is 11.6 Å². The number of hydrogen-bond donors (Lipinski definition) is 2. The van der Waals surface area contributed by atoms with E-state index in [1.807, 2.05) is 0 Å². The van der Waals surface area contributed by atoms with E-state index in [1.165, 1.54) is 0 Å². The molecule has 1 saturated heterocycles. The molecule has 1 fully saturated rings. The number of carbonyl (C=O) groups is 3. The van der Waals surface area contributed by atoms with Crippen molar-refractivity contribution in [2.45, 2.75) is 6.42 Å². The number of primary amides is 1. The molecule has 0 bridgehead atoms. The third-order valence-corrected chi connectivity index (χ3v) is 3.10. The number of carboxylic acids is 1. The van der Waals surface area contributed by atoms with Gasteiger partial charge in [0.1, 0.15) is 0 Å². The van der Waals surface area contributed by atoms with Crippen molar-refractivity contribution < 1.29 is 28.3 Å². The largest absolute Gasteiger partial charge is 0.478 e. The molecule has 1 aliphatic heterocycles. The summed E-state index contributed by atoms with van der Waals surface area (Å²) < 4.78 is 27.1. The second-order valence-corrected chi connectivity index (χ2v) is 4.37. The first-order valence-corrected chi connectivity index (χ1v) is 5.64. The summed E-state index contributed by atoms with van der Waals surface area (Å²) in [6.07, 6.45) is -0.260. The van der Waals surface area contributed by atoms with Crippen LogP contribution in [-0.4, -0.2) is 29.4 Å². The highest BCUT2D eigenvalue weighted by Gasteiger charge is 2.37. The van der Waals surface area contributed by atoms with Gasteiger partial charge in [0, 0.05) is 13.0 Å². The Morgan fingerprint density at radius 1 is 1.35 bits per heavy atom. The number of nitrogens with two attached hydrogens (primary N) is 1. The van der Waals surface area contributed by atoms with E-state index >= 15 is 0 Å². The lowest BCUT2D eigenvalue weighted by atomic mass is 10.1. The van der Waals surface area contributed by atoms with Gasteiger partial charge in [-0.15, -0.1) is 0 Å². The van der Waals surface area contributed by atoms with Crippen molar-refractivity contribution >= 4 is 23.5 Å². The predicted octanol–water partition coefficient (Wildman–Crippen LogP) is 0.501. The molecule has 0 saturated carbocycles. The Labute approximate surface area is 111 Å². The van der Waals surface area contributed by atoms with Gasteiger partial charge in [-0.2, -0.15) is 0 Å². The van der Waals surface area contributed by atoms with E-state index in [2.05, 4.69) is 0 Å². The number of amides is 2. The summed E-state index contributed by atoms with van der Waals surface area (Å²) in [5.41, 5.74) is 3.84. The molecule has 8 heteroatoms. The summed E-state index contributed by atoms with van der Waals surface area (Å²) in [6.45, 7) is -0.269. The Balaban J connectivity index is 2.52. The average Bonchev–Trinajstić information content (AvgIpc) is 2.74. The average molecular weight is 284 g/mol. The van der Waals surface area contributed by atoms with Crippen LogP contribution in [-0.2, 0) is 9.59 Å². The van der Waals surface area contributed by atoms with Crippen molar-refractivity contribution in [3.63, 3.8) is 0 Å². The Bertz CT molecular complexity index is 618. The van der Waals surface area contributed by atoms with E-state index < -0.39 is 46.6 Å². The molecule has 1 aromatic carbocycles. The van der Waals surface area contributed by atoms with Crippen molar-refractivity contribution in [3.05, 3.63) is 29.3 Å². The van der Waals surface area contributed by atoms with Crippen LogP contribution in [0.4, 0.5) is 14.5 Å². The van der Waals surface area contributed by atoms with Crippen LogP contribution >= 0.6 is 0 Å². The molecule has 1 unspecified atom stereocenters. The maximum atomic E-state index is 13.8. The zero-order valence-corrected chi connectivity index (χ0v) is 10.1. The van der Waals surface area contributed by atoms with Gasteiger partial charge in [-0.25, -0.2) is 13.6 Å². The Morgan fingerprint density at radius 3 is 2.50 bits per heavy atom. The molecule has 1 aromatic rings. The van der Waals surface area contributed by atoms with Gasteiger partial charge in [-0.05, 0) is 12.1 Å². The number of halogens is 2. The first kappa shape index (κ1) is 13.9. The minimum Gasteiger partial charge on any atom is -0.478 e. The third-order valence-electron chi connectivity index (χ3n) is 3.10. The van der Waals surface area contributed by atoms with E-state index in [-0.39, 0.29) is 13.0 Å². The summed E-state index contributed by atoms with van der Waals surface area (Å²) in [5, 5.41) is 8.98. The SMILES string of the molecule is NC(=O)C1CC(=O)N(c2c(C(=O)O)ccc(F)c2F)C1. The lowest BCUT2D eigenvalue weighted by molar-refractivity contribution is -0.123. The fraction of sp³-hybridized carbons (Fsp3) is 0.250. The highest BCUT2D eigenvalue weighted by molar-refractivity contribution is 6.05. The van der Waals surface area contributed by atoms with Gasteiger partial charge < -0.3 is 15.7 Å². The normalized spacial score (nSPS) is 18.4. The summed E-state index contributed by atoms with van der Waals surface area (Å²) in [6, 6.07) is 1.52. The smallest absolute Gasteiger partial charge is 0.337 e. The maximum absolute atomic E-state index is 13.8. The molecular formula is C12H10F2N2O4. The van der Waals surface area contributed by atoms with Crippen LogP contribution in [0.5, 0.6) is 0 Å². The van der Waals surface area contributed by atoms with Crippen molar-refractivity contribution in [1.82, 2.24) is 0 Å². The minimum absolute atomic E-state index is 0.260. The molecule has 0 aromatic heterocycles. The molecule has 1 heterocycles. The molecule has 3 N–H and O–H groups in total. The number of nitrogens with zero attached hydrogens (tertiary/aromatic N) is 1. The number of aromatic carboxylic acids is 1. The number of hydrogen-bond acceptors (Lipinski definition) is 3. The van der Waals surface area contributed by atoms with E-state index in [1.54, 1.807) is 0 Å². The van der Waals surface area contributed by atoms with Crippen LogP contribution in [0.15, 0.2) is 12.1 Å². The van der Waals surface area contributed by atoms with Crippen LogP contribution in [0.25, 0.3) is 0 Å². The zero-order chi connectivity index (χ0) is 15.0. The first-order valence-electron chi connectivity index (χ1n) is 5.64. The van der Waals surface area contributed by atoms with Gasteiger partial charge in [0.05, 0.1) is 17.2 Å². The van der Waals surface area contributed by atoms with E-state index in [4.69, 9.17) is 10.8 Å². The monoisotopic (exact) mass is 284 g/mol. The molecule has 20 heavy (non-hydrogen) atoms. The molecule has 1 atom stereocenters. The summed E-state index contributed by atoms with van der Waals surface area (Å²) in [5.74, 6) is -6.51. The zero-order valence-electron chi connectivity index (χ0n) is 10.1. The van der Waals surface area contributed by atoms with Gasteiger partial charge in [0.2, 0.25) is 11.8 Å². The predicted molar refractivity (Wildman–Crippen MR) is 63.0 cm³/mol. The van der Waals surface area contributed by atoms with Gasteiger partial charge in [-0.1, -0.05) is 0 Å². The molecule has 0 radical (unpaired) electrons. The first-order chi connectivity index (χ1) is 9.32. The van der Waals surface area contributed by atoms with Crippen LogP contribution in [0.3, 0.4) is 0 Å². The number of anilines is 1. The molecule has 0 spiro atoms. The van der Waals surface area contributed by atoms with Crippen molar-refractivity contribution in [3.8, 4) is 0 Å². The van der Waals surface area contributed by atoms with Gasteiger partial charge in [0.25, 0.3) is 0 Å². The summed E-state index contributed by atoms with van der Waals surface area (Å²) in [4.78, 5) is 34.6. The molecule has 1 aliphatic rings. The second kappa shape index (κ2) is 4.87. The number of rotatable bonds is 3. The number of carbonyl (C=O) groups excluding carboxylic acids is 2. The highest BCUT2D eigenvalue weighted by atomic mass is 19.2. The fourth-order valence-corrected chi connectivity index (χ4v) is 2.09. The highest BCUT2D eigenvalue weighted by Crippen LogP contribution is 2.32. The van der Waals surface area contributed by atoms with Crippen LogP contribution in [0.1, 0.15) is 16.8 Å². The second-order valence-electron chi connectivity index (χ2n) is 4.37. The standard InChI is InChI=1S/C12H10F2N2O4/c13-7-2-1-6(12(19)20)10(9(7)14)16-4-5(11(15)18)3-8(16)17/h1-2,5H,3-4H2,(H2,15,18)(H,19,20). The van der Waals surface area contributed by atoms with Crippen molar-refractivity contribution in [1.29, 1.82) is 0 Å². The number of carboxylic acid groups (broad SMARTS) is 1. The molecule has 6 nitrogen and oxygen atoms in total. The van der Waals surface area contributed by atoms with E-state index in [9.17, 15) is 23.2 Å². The van der Waals surface area contributed by atoms with Crippen molar-refractivity contribution in [2.75, 3.05) is 11.4 Å². The number of benzene rings is 1. The van der Waals surface area contributed by atoms with E-state index in [0.29, 0.717) is 6.07 Å². The molecular weight excluding hydrogens is 274 g/mol. The summed E-state index contributed by atoms with van der Waals surface area (Å²) in [7, 11) is 0. The third kappa shape index (κ3) is 2.20. The minimum atomic E-state index is -1.51. The fourth-order valence-electron chi connectivity index (χ4n) is 2.09. The van der Waals surface area contributed by atoms with Gasteiger partial charge >= 0.3 is 5.97 Å². The Morgan fingerprint density at radius 2 is 2.00 bits per heavy atom. The van der Waals surface area contributed by atoms with E-state index in [0.717, 1.165) is 11.0 Å². The quantitative estimate of drug-likeness (QED) is 0.844. The molecule has 106 valence electrons. The maximum Gasteiger partial charge on any atom is 0.337 e. The lowest BCUT2D eigenvalue weighted by Crippen LogP contribution is -2.30. The van der Waals surface area contributed by atoms with Crippen LogP contribution in [0, 0.1) is 17.6 Å². The molecule has 0 aliphatic carbocycles. The van der Waals surface area contributed by atoms with Gasteiger partial charge in [-0.3, -0.25) is 9.59 Å². The van der Waals surface area contributed by atoms with Crippen LogP contribution in [0.2, 0.25) is 0 Å².